The molecule has 0 aliphatic carbocycles. The van der Waals surface area contributed by atoms with Crippen molar-refractivity contribution >= 4 is 57.5 Å². The molecule has 1 aliphatic rings. The van der Waals surface area contributed by atoms with Gasteiger partial charge in [-0.05, 0) is 44.0 Å². The molecule has 3 aromatic rings. The minimum Gasteiger partial charge on any atom is -0.493 e. The second-order valence-corrected chi connectivity index (χ2v) is 13.0. The summed E-state index contributed by atoms with van der Waals surface area (Å²) in [6, 6.07) is 4.62. The Labute approximate surface area is 311 Å². The van der Waals surface area contributed by atoms with Crippen molar-refractivity contribution in [2.45, 2.75) is 59.5 Å². The van der Waals surface area contributed by atoms with E-state index in [1.165, 1.54) is 25.2 Å². The molecular formula is C36H45ClF2N2O10S. The Morgan fingerprint density at radius 3 is 2.15 bits per heavy atom. The highest BCUT2D eigenvalue weighted by Gasteiger charge is 2.34. The van der Waals surface area contributed by atoms with Crippen LogP contribution in [-0.4, -0.2) is 75.7 Å². The van der Waals surface area contributed by atoms with E-state index in [1.54, 1.807) is 32.9 Å². The summed E-state index contributed by atoms with van der Waals surface area (Å²) in [6.45, 7) is 5.82. The zero-order valence-corrected chi connectivity index (χ0v) is 31.5. The molecule has 1 unspecified atom stereocenters. The Bertz CT molecular complexity index is 1750. The smallest absolute Gasteiger partial charge is 0.309 e. The molecule has 0 saturated heterocycles. The summed E-state index contributed by atoms with van der Waals surface area (Å²) in [6.07, 6.45) is -0.0303. The highest BCUT2D eigenvalue weighted by atomic mass is 35.5. The average molecular weight is 771 g/mol. The number of halogens is 3. The predicted octanol–water partition coefficient (Wildman–Crippen LogP) is 6.00. The fraction of sp³-hybridized carbons (Fsp3) is 0.500. The molecule has 1 aliphatic heterocycles. The normalized spacial score (nSPS) is 13.1. The van der Waals surface area contributed by atoms with Crippen LogP contribution in [0.3, 0.4) is 0 Å². The predicted molar refractivity (Wildman–Crippen MR) is 192 cm³/mol. The van der Waals surface area contributed by atoms with Crippen LogP contribution in [0.15, 0.2) is 18.2 Å². The third-order valence-corrected chi connectivity index (χ3v) is 9.65. The van der Waals surface area contributed by atoms with Gasteiger partial charge in [0.15, 0.2) is 40.4 Å². The maximum Gasteiger partial charge on any atom is 0.309 e. The third-order valence-electron chi connectivity index (χ3n) is 8.53. The number of esters is 2. The lowest BCUT2D eigenvalue weighted by molar-refractivity contribution is -0.153. The van der Waals surface area contributed by atoms with Gasteiger partial charge in [0.05, 0.1) is 57.9 Å². The van der Waals surface area contributed by atoms with Crippen LogP contribution in [0.4, 0.5) is 8.78 Å². The molecule has 0 bridgehead atoms. The van der Waals surface area contributed by atoms with E-state index in [2.05, 4.69) is 0 Å². The van der Waals surface area contributed by atoms with E-state index in [4.69, 9.17) is 34.2 Å². The summed E-state index contributed by atoms with van der Waals surface area (Å²) in [7, 11) is 2.74. The number of amides is 1. The Hall–Kier alpha value is -4.21. The molecule has 0 spiro atoms. The molecule has 0 radical (unpaired) electrons. The standard InChI is InChI=1S/C36H44F2N2O10S.ClH/c1-6-47-31(43)10-9-25(41)29-14-23-28(51-29)16-27(46-5)35(32(23)37)50-12-8-11-49-34-26(45-4)13-21-18-40(19-24(21)33(34)38)30(42)15-22(20(3)17-39)36(44)48-7-2;/h13-14,16,20,22H,6-12,15,17-19,39H2,1-5H3;1H/t20?,22-;/m0./s1. The first kappa shape index (κ1) is 42.2. The molecular weight excluding hydrogens is 726 g/mol. The SMILES string of the molecule is CCOC(=O)CCC(=O)c1cc2c(F)c(OCCCOc3c(OC)cc4c(c3F)CN(C(=O)C[C@H](C(=O)OCC)C(C)CN)C4)c(OC)cc2s1.Cl. The number of carbonyl (C=O) groups is 4. The van der Waals surface area contributed by atoms with E-state index in [9.17, 15) is 19.2 Å². The number of rotatable bonds is 19. The summed E-state index contributed by atoms with van der Waals surface area (Å²) in [5, 5.41) is 0.175. The number of Topliss-reactive ketones (excluding diaryl/α,β-unsaturated/α-hetero) is 1. The summed E-state index contributed by atoms with van der Waals surface area (Å²) in [5.74, 6) is -3.99. The second-order valence-electron chi connectivity index (χ2n) is 11.9. The zero-order chi connectivity index (χ0) is 37.2. The summed E-state index contributed by atoms with van der Waals surface area (Å²) < 4.78 is 64.2. The Morgan fingerprint density at radius 1 is 0.904 bits per heavy atom. The van der Waals surface area contributed by atoms with Crippen molar-refractivity contribution < 1.29 is 56.4 Å². The maximum absolute atomic E-state index is 15.8. The van der Waals surface area contributed by atoms with Gasteiger partial charge in [-0.15, -0.1) is 23.7 Å². The first-order valence-electron chi connectivity index (χ1n) is 16.7. The molecule has 286 valence electrons. The van der Waals surface area contributed by atoms with Crippen molar-refractivity contribution in [1.29, 1.82) is 0 Å². The molecule has 0 saturated carbocycles. The number of benzene rings is 2. The van der Waals surface area contributed by atoms with Crippen LogP contribution in [0.2, 0.25) is 0 Å². The van der Waals surface area contributed by atoms with Gasteiger partial charge in [-0.25, -0.2) is 8.78 Å². The number of hydrogen-bond acceptors (Lipinski definition) is 12. The van der Waals surface area contributed by atoms with E-state index >= 15 is 8.78 Å². The average Bonchev–Trinajstić information content (AvgIpc) is 3.76. The second kappa shape index (κ2) is 19.6. The lowest BCUT2D eigenvalue weighted by Gasteiger charge is -2.23. The van der Waals surface area contributed by atoms with Crippen LogP contribution in [-0.2, 0) is 36.9 Å². The van der Waals surface area contributed by atoms with Gasteiger partial charge in [-0.1, -0.05) is 6.92 Å². The third kappa shape index (κ3) is 9.81. The number of methoxy groups -OCH3 is 2. The number of nitrogens with zero attached hydrogens (tertiary/aromatic N) is 1. The van der Waals surface area contributed by atoms with Crippen molar-refractivity contribution in [3.63, 3.8) is 0 Å². The molecule has 2 atom stereocenters. The van der Waals surface area contributed by atoms with Crippen molar-refractivity contribution in [2.75, 3.05) is 47.2 Å². The number of thiophene rings is 1. The fourth-order valence-corrected chi connectivity index (χ4v) is 6.73. The lowest BCUT2D eigenvalue weighted by Crippen LogP contribution is -2.35. The molecule has 52 heavy (non-hydrogen) atoms. The van der Waals surface area contributed by atoms with Gasteiger partial charge < -0.3 is 39.1 Å². The minimum absolute atomic E-state index is 0. The molecule has 2 aromatic carbocycles. The van der Waals surface area contributed by atoms with E-state index in [1.807, 2.05) is 0 Å². The summed E-state index contributed by atoms with van der Waals surface area (Å²) in [4.78, 5) is 51.8. The topological polar surface area (TPSA) is 153 Å². The highest BCUT2D eigenvalue weighted by Crippen LogP contribution is 2.41. The van der Waals surface area contributed by atoms with Crippen molar-refractivity contribution in [1.82, 2.24) is 4.90 Å². The quantitative estimate of drug-likeness (QED) is 0.0868. The molecule has 2 N–H and O–H groups in total. The first-order valence-corrected chi connectivity index (χ1v) is 17.6. The highest BCUT2D eigenvalue weighted by molar-refractivity contribution is 7.20. The Kier molecular flexibility index (Phi) is 15.9. The van der Waals surface area contributed by atoms with Gasteiger partial charge in [0, 0.05) is 54.1 Å². The zero-order valence-electron chi connectivity index (χ0n) is 29.8. The summed E-state index contributed by atoms with van der Waals surface area (Å²) >= 11 is 1.08. The largest absolute Gasteiger partial charge is 0.493 e. The molecule has 12 nitrogen and oxygen atoms in total. The molecule has 16 heteroatoms. The number of carbonyl (C=O) groups excluding carboxylic acids is 4. The molecule has 2 heterocycles. The van der Waals surface area contributed by atoms with Crippen LogP contribution in [0.1, 0.15) is 67.3 Å². The van der Waals surface area contributed by atoms with E-state index in [0.717, 1.165) is 11.3 Å². The minimum atomic E-state index is -0.719. The molecule has 1 aromatic heterocycles. The van der Waals surface area contributed by atoms with Crippen LogP contribution in [0, 0.1) is 23.5 Å². The van der Waals surface area contributed by atoms with E-state index < -0.39 is 29.5 Å². The first-order chi connectivity index (χ1) is 24.5. The van der Waals surface area contributed by atoms with Gasteiger partial charge in [0.25, 0.3) is 0 Å². The van der Waals surface area contributed by atoms with Crippen molar-refractivity contribution in [3.05, 3.63) is 45.8 Å². The van der Waals surface area contributed by atoms with Gasteiger partial charge in [-0.3, -0.25) is 19.2 Å². The number of fused-ring (bicyclic) bond motifs is 2. The van der Waals surface area contributed by atoms with E-state index in [0.29, 0.717) is 15.1 Å². The van der Waals surface area contributed by atoms with Crippen molar-refractivity contribution in [3.8, 4) is 23.0 Å². The van der Waals surface area contributed by atoms with Crippen LogP contribution in [0.25, 0.3) is 10.1 Å². The number of hydrogen-bond donors (Lipinski definition) is 1. The van der Waals surface area contributed by atoms with E-state index in [-0.39, 0.29) is 136 Å². The monoisotopic (exact) mass is 770 g/mol. The fourth-order valence-electron chi connectivity index (χ4n) is 5.67. The van der Waals surface area contributed by atoms with Crippen molar-refractivity contribution in [2.24, 2.45) is 17.6 Å². The summed E-state index contributed by atoms with van der Waals surface area (Å²) in [5.41, 5.74) is 6.61. The van der Waals surface area contributed by atoms with Crippen LogP contribution < -0.4 is 24.7 Å². The molecule has 0 fully saturated rings. The number of nitrogens with two attached hydrogens (primary N) is 1. The molecule has 1 amide bonds. The van der Waals surface area contributed by atoms with Gasteiger partial charge in [-0.2, -0.15) is 0 Å². The number of ether oxygens (including phenoxy) is 6. The van der Waals surface area contributed by atoms with Gasteiger partial charge in [0.1, 0.15) is 0 Å². The van der Waals surface area contributed by atoms with Gasteiger partial charge >= 0.3 is 11.9 Å². The van der Waals surface area contributed by atoms with Gasteiger partial charge in [0.2, 0.25) is 5.91 Å². The Balaban J connectivity index is 0.00000729. The lowest BCUT2D eigenvalue weighted by atomic mass is 9.90. The maximum atomic E-state index is 15.8. The van der Waals surface area contributed by atoms with Crippen LogP contribution in [0.5, 0.6) is 23.0 Å². The number of ketones is 1. The van der Waals surface area contributed by atoms with Crippen LogP contribution >= 0.6 is 23.7 Å². The Morgan fingerprint density at radius 2 is 1.54 bits per heavy atom. The molecule has 4 rings (SSSR count).